The van der Waals surface area contributed by atoms with Crippen LogP contribution in [0.4, 0.5) is 5.82 Å². The van der Waals surface area contributed by atoms with E-state index in [1.165, 1.54) is 0 Å². The van der Waals surface area contributed by atoms with Crippen LogP contribution in [0.3, 0.4) is 0 Å². The van der Waals surface area contributed by atoms with Crippen molar-refractivity contribution in [2.45, 2.75) is 26.3 Å². The van der Waals surface area contributed by atoms with E-state index in [0.717, 1.165) is 57.0 Å². The zero-order chi connectivity index (χ0) is 13.0. The van der Waals surface area contributed by atoms with Crippen LogP contribution in [0.5, 0.6) is 0 Å². The summed E-state index contributed by atoms with van der Waals surface area (Å²) in [5.74, 6) is 1.50. The summed E-state index contributed by atoms with van der Waals surface area (Å²) in [7, 11) is 2.16. The Morgan fingerprint density at radius 2 is 2.00 bits per heavy atom. The molecule has 0 spiro atoms. The van der Waals surface area contributed by atoms with Crippen LogP contribution in [0.25, 0.3) is 0 Å². The zero-order valence-electron chi connectivity index (χ0n) is 11.4. The predicted octanol–water partition coefficient (Wildman–Crippen LogP) is 0.759. The Kier molecular flexibility index (Phi) is 4.49. The molecule has 0 atom stereocenters. The molecule has 2 heterocycles. The summed E-state index contributed by atoms with van der Waals surface area (Å²) in [6, 6.07) is 0. The van der Waals surface area contributed by atoms with Crippen molar-refractivity contribution in [2.75, 3.05) is 39.0 Å². The number of nitrogen functional groups attached to an aromatic ring is 1. The molecule has 0 amide bonds. The lowest BCUT2D eigenvalue weighted by Crippen LogP contribution is -2.44. The summed E-state index contributed by atoms with van der Waals surface area (Å²) in [5, 5.41) is 0. The number of aromatic nitrogens is 2. The Balaban J connectivity index is 1.96. The number of nitrogens with zero attached hydrogens (tertiary/aromatic N) is 4. The van der Waals surface area contributed by atoms with E-state index in [-0.39, 0.29) is 0 Å². The molecule has 0 aromatic carbocycles. The number of hydrogen-bond donors (Lipinski definition) is 1. The minimum atomic E-state index is 0.646. The number of aryl methyl sites for hydroxylation is 1. The quantitative estimate of drug-likeness (QED) is 0.853. The van der Waals surface area contributed by atoms with Crippen molar-refractivity contribution in [2.24, 2.45) is 0 Å². The van der Waals surface area contributed by atoms with Crippen molar-refractivity contribution < 1.29 is 0 Å². The molecule has 1 saturated heterocycles. The first-order chi connectivity index (χ1) is 8.69. The van der Waals surface area contributed by atoms with E-state index < -0.39 is 0 Å². The van der Waals surface area contributed by atoms with Gasteiger partial charge >= 0.3 is 0 Å². The number of anilines is 1. The van der Waals surface area contributed by atoms with Crippen molar-refractivity contribution in [1.82, 2.24) is 19.8 Å². The fourth-order valence-corrected chi connectivity index (χ4v) is 2.17. The molecule has 1 aliphatic heterocycles. The van der Waals surface area contributed by atoms with Crippen LogP contribution in [0.2, 0.25) is 0 Å². The average Bonchev–Trinajstić information content (AvgIpc) is 2.36. The maximum Gasteiger partial charge on any atom is 0.131 e. The van der Waals surface area contributed by atoms with Crippen molar-refractivity contribution >= 4 is 5.82 Å². The highest BCUT2D eigenvalue weighted by Gasteiger charge is 2.15. The van der Waals surface area contributed by atoms with E-state index in [1.807, 2.05) is 6.20 Å². The molecule has 2 N–H and O–H groups in total. The summed E-state index contributed by atoms with van der Waals surface area (Å²) in [4.78, 5) is 13.5. The van der Waals surface area contributed by atoms with Gasteiger partial charge in [-0.05, 0) is 13.5 Å². The van der Waals surface area contributed by atoms with E-state index in [1.54, 1.807) is 0 Å². The standard InChI is InChI=1S/C13H23N5/c1-3-4-12-15-9-11(13(14)16-12)10-18-7-5-17(2)6-8-18/h9H,3-8,10H2,1-2H3,(H2,14,15,16). The van der Waals surface area contributed by atoms with Crippen molar-refractivity contribution in [3.8, 4) is 0 Å². The van der Waals surface area contributed by atoms with Crippen LogP contribution < -0.4 is 5.73 Å². The Hall–Kier alpha value is -1.20. The lowest BCUT2D eigenvalue weighted by atomic mass is 10.2. The molecule has 1 aliphatic rings. The Morgan fingerprint density at radius 3 is 2.61 bits per heavy atom. The van der Waals surface area contributed by atoms with Crippen molar-refractivity contribution in [3.63, 3.8) is 0 Å². The van der Waals surface area contributed by atoms with E-state index in [2.05, 4.69) is 33.7 Å². The molecule has 5 heteroatoms. The summed E-state index contributed by atoms with van der Waals surface area (Å²) >= 11 is 0. The molecule has 0 bridgehead atoms. The third-order valence-electron chi connectivity index (χ3n) is 3.41. The maximum absolute atomic E-state index is 6.01. The zero-order valence-corrected chi connectivity index (χ0v) is 11.4. The summed E-state index contributed by atoms with van der Waals surface area (Å²) < 4.78 is 0. The Morgan fingerprint density at radius 1 is 1.28 bits per heavy atom. The van der Waals surface area contributed by atoms with Gasteiger partial charge in [0.05, 0.1) is 0 Å². The fraction of sp³-hybridized carbons (Fsp3) is 0.692. The van der Waals surface area contributed by atoms with Gasteiger partial charge in [0.2, 0.25) is 0 Å². The van der Waals surface area contributed by atoms with Gasteiger partial charge in [-0.25, -0.2) is 9.97 Å². The number of piperazine rings is 1. The highest BCUT2D eigenvalue weighted by molar-refractivity contribution is 5.37. The Labute approximate surface area is 109 Å². The second kappa shape index (κ2) is 6.11. The van der Waals surface area contributed by atoms with Gasteiger partial charge in [0, 0.05) is 50.9 Å². The first-order valence-corrected chi connectivity index (χ1v) is 6.70. The monoisotopic (exact) mass is 249 g/mol. The summed E-state index contributed by atoms with van der Waals surface area (Å²) in [5.41, 5.74) is 7.06. The van der Waals surface area contributed by atoms with Gasteiger partial charge in [0.25, 0.3) is 0 Å². The third-order valence-corrected chi connectivity index (χ3v) is 3.41. The van der Waals surface area contributed by atoms with Crippen LogP contribution in [-0.4, -0.2) is 53.0 Å². The lowest BCUT2D eigenvalue weighted by Gasteiger charge is -2.32. The predicted molar refractivity (Wildman–Crippen MR) is 73.2 cm³/mol. The van der Waals surface area contributed by atoms with Crippen molar-refractivity contribution in [1.29, 1.82) is 0 Å². The molecule has 0 saturated carbocycles. The van der Waals surface area contributed by atoms with Gasteiger partial charge in [-0.1, -0.05) is 6.92 Å². The fourth-order valence-electron chi connectivity index (χ4n) is 2.17. The molecule has 100 valence electrons. The largest absolute Gasteiger partial charge is 0.383 e. The summed E-state index contributed by atoms with van der Waals surface area (Å²) in [6.45, 7) is 7.41. The minimum absolute atomic E-state index is 0.646. The molecule has 1 fully saturated rings. The minimum Gasteiger partial charge on any atom is -0.383 e. The molecular formula is C13H23N5. The van der Waals surface area contributed by atoms with Crippen molar-refractivity contribution in [3.05, 3.63) is 17.6 Å². The van der Waals surface area contributed by atoms with Crippen LogP contribution in [0.15, 0.2) is 6.20 Å². The van der Waals surface area contributed by atoms with Gasteiger partial charge in [0.1, 0.15) is 11.6 Å². The molecule has 0 radical (unpaired) electrons. The number of nitrogens with two attached hydrogens (primary N) is 1. The molecular weight excluding hydrogens is 226 g/mol. The molecule has 0 unspecified atom stereocenters. The molecule has 0 aliphatic carbocycles. The topological polar surface area (TPSA) is 58.3 Å². The molecule has 2 rings (SSSR count). The molecule has 18 heavy (non-hydrogen) atoms. The SMILES string of the molecule is CCCc1ncc(CN2CCN(C)CC2)c(N)n1. The third kappa shape index (κ3) is 3.40. The highest BCUT2D eigenvalue weighted by Crippen LogP contribution is 2.13. The van der Waals surface area contributed by atoms with Gasteiger partial charge < -0.3 is 10.6 Å². The number of rotatable bonds is 4. The maximum atomic E-state index is 6.01. The second-order valence-corrected chi connectivity index (χ2v) is 5.03. The highest BCUT2D eigenvalue weighted by atomic mass is 15.2. The molecule has 1 aromatic rings. The van der Waals surface area contributed by atoms with Gasteiger partial charge in [-0.3, -0.25) is 4.90 Å². The smallest absolute Gasteiger partial charge is 0.131 e. The first kappa shape index (κ1) is 13.2. The van der Waals surface area contributed by atoms with E-state index in [9.17, 15) is 0 Å². The van der Waals surface area contributed by atoms with E-state index >= 15 is 0 Å². The van der Waals surface area contributed by atoms with Gasteiger partial charge in [-0.2, -0.15) is 0 Å². The number of likely N-dealkylation sites (N-methyl/N-ethyl adjacent to an activating group) is 1. The van der Waals surface area contributed by atoms with Crippen LogP contribution in [-0.2, 0) is 13.0 Å². The second-order valence-electron chi connectivity index (χ2n) is 5.03. The average molecular weight is 249 g/mol. The molecule has 5 nitrogen and oxygen atoms in total. The van der Waals surface area contributed by atoms with E-state index in [0.29, 0.717) is 5.82 Å². The van der Waals surface area contributed by atoms with E-state index in [4.69, 9.17) is 5.73 Å². The van der Waals surface area contributed by atoms with Gasteiger partial charge in [-0.15, -0.1) is 0 Å². The first-order valence-electron chi connectivity index (χ1n) is 6.70. The molecule has 1 aromatic heterocycles. The number of hydrogen-bond acceptors (Lipinski definition) is 5. The summed E-state index contributed by atoms with van der Waals surface area (Å²) in [6.07, 6.45) is 3.85. The lowest BCUT2D eigenvalue weighted by molar-refractivity contribution is 0.148. The van der Waals surface area contributed by atoms with Gasteiger partial charge in [0.15, 0.2) is 0 Å². The normalized spacial score (nSPS) is 18.1. The van der Waals surface area contributed by atoms with Crippen LogP contribution in [0.1, 0.15) is 24.7 Å². The van der Waals surface area contributed by atoms with Crippen LogP contribution >= 0.6 is 0 Å². The Bertz CT molecular complexity index is 385. The van der Waals surface area contributed by atoms with Crippen LogP contribution in [0, 0.1) is 0 Å².